The van der Waals surface area contributed by atoms with E-state index in [9.17, 15) is 8.42 Å². The number of nitrogens with zero attached hydrogens (tertiary/aromatic N) is 1. The minimum atomic E-state index is -3.28. The van der Waals surface area contributed by atoms with Gasteiger partial charge in [0.25, 0.3) is 10.2 Å². The van der Waals surface area contributed by atoms with Crippen LogP contribution in [0.3, 0.4) is 0 Å². The van der Waals surface area contributed by atoms with E-state index in [0.717, 1.165) is 24.6 Å². The van der Waals surface area contributed by atoms with Crippen LogP contribution in [0.15, 0.2) is 0 Å². The Labute approximate surface area is 106 Å². The molecular weight excluding hydrogens is 296 g/mol. The smallest absolute Gasteiger partial charge is 0.279 e. The maximum Gasteiger partial charge on any atom is 0.279 e. The molecule has 0 radical (unpaired) electrons. The van der Waals surface area contributed by atoms with Crippen LogP contribution in [0.1, 0.15) is 19.3 Å². The van der Waals surface area contributed by atoms with Gasteiger partial charge in [0.05, 0.1) is 13.2 Å². The number of unbranched alkanes of at least 4 members (excludes halogenated alkanes) is 2. The van der Waals surface area contributed by atoms with Gasteiger partial charge in [-0.3, -0.25) is 0 Å². The quantitative estimate of drug-likeness (QED) is 0.556. The first kappa shape index (κ1) is 14.4. The highest BCUT2D eigenvalue weighted by atomic mass is 79.9. The van der Waals surface area contributed by atoms with Gasteiger partial charge in [0, 0.05) is 25.0 Å². The van der Waals surface area contributed by atoms with Crippen molar-refractivity contribution >= 4 is 26.1 Å². The van der Waals surface area contributed by atoms with Gasteiger partial charge in [-0.15, -0.1) is 0 Å². The molecule has 7 heteroatoms. The van der Waals surface area contributed by atoms with Gasteiger partial charge in [0.15, 0.2) is 0 Å². The Balaban J connectivity index is 2.22. The van der Waals surface area contributed by atoms with E-state index in [0.29, 0.717) is 32.8 Å². The lowest BCUT2D eigenvalue weighted by Gasteiger charge is -2.26. The summed E-state index contributed by atoms with van der Waals surface area (Å²) in [4.78, 5) is 0. The molecule has 0 aromatic rings. The van der Waals surface area contributed by atoms with E-state index < -0.39 is 10.2 Å². The number of hydrogen-bond acceptors (Lipinski definition) is 3. The van der Waals surface area contributed by atoms with Gasteiger partial charge in [0.2, 0.25) is 0 Å². The molecule has 0 aliphatic carbocycles. The standard InChI is InChI=1S/C9H19BrN2O3S/c10-4-2-1-3-5-11-16(13,14)12-6-8-15-9-7-12/h11H,1-9H2. The molecule has 0 atom stereocenters. The molecule has 1 aliphatic heterocycles. The molecule has 0 unspecified atom stereocenters. The molecule has 1 saturated heterocycles. The molecule has 0 spiro atoms. The van der Waals surface area contributed by atoms with Gasteiger partial charge >= 0.3 is 0 Å². The molecule has 0 aromatic carbocycles. The Bertz CT molecular complexity index is 278. The van der Waals surface area contributed by atoms with Gasteiger partial charge in [-0.2, -0.15) is 12.7 Å². The Morgan fingerprint density at radius 3 is 2.50 bits per heavy atom. The molecule has 1 aliphatic rings. The average molecular weight is 315 g/mol. The first-order chi connectivity index (χ1) is 7.67. The van der Waals surface area contributed by atoms with Gasteiger partial charge in [-0.05, 0) is 12.8 Å². The number of ether oxygens (including phenoxy) is 1. The third kappa shape index (κ3) is 5.09. The van der Waals surface area contributed by atoms with Gasteiger partial charge < -0.3 is 4.74 Å². The second-order valence-electron chi connectivity index (χ2n) is 3.66. The highest BCUT2D eigenvalue weighted by Crippen LogP contribution is 2.03. The van der Waals surface area contributed by atoms with E-state index in [1.165, 1.54) is 4.31 Å². The fourth-order valence-corrected chi connectivity index (χ4v) is 3.09. The minimum Gasteiger partial charge on any atom is -0.379 e. The number of alkyl halides is 1. The van der Waals surface area contributed by atoms with Crippen LogP contribution in [0.25, 0.3) is 0 Å². The van der Waals surface area contributed by atoms with Crippen LogP contribution in [-0.2, 0) is 14.9 Å². The predicted octanol–water partition coefficient (Wildman–Crippen LogP) is 0.718. The zero-order valence-electron chi connectivity index (χ0n) is 9.32. The van der Waals surface area contributed by atoms with Crippen LogP contribution >= 0.6 is 15.9 Å². The molecule has 0 amide bonds. The van der Waals surface area contributed by atoms with E-state index in [4.69, 9.17) is 4.74 Å². The Morgan fingerprint density at radius 1 is 1.19 bits per heavy atom. The lowest BCUT2D eigenvalue weighted by Crippen LogP contribution is -2.46. The summed E-state index contributed by atoms with van der Waals surface area (Å²) in [7, 11) is -3.28. The number of hydrogen-bond donors (Lipinski definition) is 1. The number of rotatable bonds is 7. The Kier molecular flexibility index (Phi) is 6.83. The van der Waals surface area contributed by atoms with E-state index in [2.05, 4.69) is 20.7 Å². The molecule has 1 N–H and O–H groups in total. The van der Waals surface area contributed by atoms with Crippen molar-refractivity contribution in [3.63, 3.8) is 0 Å². The second kappa shape index (κ2) is 7.60. The number of halogens is 1. The first-order valence-electron chi connectivity index (χ1n) is 5.55. The molecule has 0 bridgehead atoms. The lowest BCUT2D eigenvalue weighted by molar-refractivity contribution is 0.0725. The van der Waals surface area contributed by atoms with Crippen molar-refractivity contribution in [2.24, 2.45) is 0 Å². The largest absolute Gasteiger partial charge is 0.379 e. The van der Waals surface area contributed by atoms with Crippen LogP contribution in [0, 0.1) is 0 Å². The van der Waals surface area contributed by atoms with Crippen LogP contribution in [0.5, 0.6) is 0 Å². The first-order valence-corrected chi connectivity index (χ1v) is 8.11. The summed E-state index contributed by atoms with van der Waals surface area (Å²) in [5.74, 6) is 0. The third-order valence-corrected chi connectivity index (χ3v) is 4.58. The second-order valence-corrected chi connectivity index (χ2v) is 6.21. The fraction of sp³-hybridized carbons (Fsp3) is 1.00. The molecule has 96 valence electrons. The SMILES string of the molecule is O=S(=O)(NCCCCCBr)N1CCOCC1. The molecule has 1 rings (SSSR count). The minimum absolute atomic E-state index is 0.455. The Morgan fingerprint density at radius 2 is 1.88 bits per heavy atom. The number of nitrogens with one attached hydrogen (secondary N) is 1. The van der Waals surface area contributed by atoms with E-state index >= 15 is 0 Å². The normalized spacial score (nSPS) is 18.8. The summed E-state index contributed by atoms with van der Waals surface area (Å²) in [6.07, 6.45) is 3.01. The summed E-state index contributed by atoms with van der Waals surface area (Å²) in [6.45, 7) is 2.41. The van der Waals surface area contributed by atoms with Crippen molar-refractivity contribution in [3.8, 4) is 0 Å². The summed E-state index contributed by atoms with van der Waals surface area (Å²) < 4.78 is 32.7. The van der Waals surface area contributed by atoms with Crippen molar-refractivity contribution in [1.29, 1.82) is 0 Å². The van der Waals surface area contributed by atoms with Crippen molar-refractivity contribution in [3.05, 3.63) is 0 Å². The average Bonchev–Trinajstić information content (AvgIpc) is 2.30. The van der Waals surface area contributed by atoms with Crippen LogP contribution in [-0.4, -0.2) is 50.9 Å². The van der Waals surface area contributed by atoms with Crippen molar-refractivity contribution in [2.75, 3.05) is 38.2 Å². The number of morpholine rings is 1. The predicted molar refractivity (Wildman–Crippen MR) is 67.0 cm³/mol. The van der Waals surface area contributed by atoms with Gasteiger partial charge in [0.1, 0.15) is 0 Å². The zero-order chi connectivity index (χ0) is 11.9. The van der Waals surface area contributed by atoms with E-state index in [1.54, 1.807) is 0 Å². The van der Waals surface area contributed by atoms with Crippen LogP contribution in [0.4, 0.5) is 0 Å². The third-order valence-electron chi connectivity index (χ3n) is 2.40. The van der Waals surface area contributed by atoms with Gasteiger partial charge in [-0.1, -0.05) is 22.4 Å². The van der Waals surface area contributed by atoms with Crippen molar-refractivity contribution < 1.29 is 13.2 Å². The van der Waals surface area contributed by atoms with E-state index in [1.807, 2.05) is 0 Å². The highest BCUT2D eigenvalue weighted by Gasteiger charge is 2.23. The molecule has 1 fully saturated rings. The molecule has 0 saturated carbocycles. The van der Waals surface area contributed by atoms with E-state index in [-0.39, 0.29) is 0 Å². The molecule has 5 nitrogen and oxygen atoms in total. The van der Waals surface area contributed by atoms with Crippen molar-refractivity contribution in [1.82, 2.24) is 9.03 Å². The molecular formula is C9H19BrN2O3S. The Hall–Kier alpha value is 0.310. The lowest BCUT2D eigenvalue weighted by atomic mass is 10.3. The maximum atomic E-state index is 11.8. The topological polar surface area (TPSA) is 58.6 Å². The van der Waals surface area contributed by atoms with Crippen LogP contribution in [0.2, 0.25) is 0 Å². The monoisotopic (exact) mass is 314 g/mol. The summed E-state index contributed by atoms with van der Waals surface area (Å²) in [6, 6.07) is 0. The fourth-order valence-electron chi connectivity index (χ4n) is 1.48. The summed E-state index contributed by atoms with van der Waals surface area (Å²) >= 11 is 3.34. The molecule has 16 heavy (non-hydrogen) atoms. The highest BCUT2D eigenvalue weighted by molar-refractivity contribution is 9.09. The molecule has 0 aromatic heterocycles. The summed E-state index contributed by atoms with van der Waals surface area (Å²) in [5.41, 5.74) is 0. The molecule has 1 heterocycles. The van der Waals surface area contributed by atoms with Crippen LogP contribution < -0.4 is 4.72 Å². The maximum absolute atomic E-state index is 11.8. The van der Waals surface area contributed by atoms with Crippen molar-refractivity contribution in [2.45, 2.75) is 19.3 Å². The van der Waals surface area contributed by atoms with Gasteiger partial charge in [-0.25, -0.2) is 4.72 Å². The zero-order valence-corrected chi connectivity index (χ0v) is 11.7. The summed E-state index contributed by atoms with van der Waals surface area (Å²) in [5, 5.41) is 0.975.